The lowest BCUT2D eigenvalue weighted by molar-refractivity contribution is -0.202. The summed E-state index contributed by atoms with van der Waals surface area (Å²) in [5.41, 5.74) is -1.10. The molecule has 2 N–H and O–H groups in total. The van der Waals surface area contributed by atoms with Gasteiger partial charge in [0.15, 0.2) is 0 Å². The van der Waals surface area contributed by atoms with Crippen molar-refractivity contribution in [1.29, 1.82) is 0 Å². The predicted molar refractivity (Wildman–Crippen MR) is 157 cm³/mol. The molecular weight excluding hydrogens is 552 g/mol. The zero-order chi connectivity index (χ0) is 30.4. The number of carbonyl (C=O) groups is 2. The topological polar surface area (TPSA) is 128 Å². The average Bonchev–Trinajstić information content (AvgIpc) is 3.20. The van der Waals surface area contributed by atoms with Gasteiger partial charge in [0, 0.05) is 56.4 Å². The van der Waals surface area contributed by atoms with E-state index in [0.717, 1.165) is 83.4 Å². The Morgan fingerprint density at radius 1 is 1.09 bits per heavy atom. The molecule has 10 nitrogen and oxygen atoms in total. The van der Waals surface area contributed by atoms with E-state index in [4.69, 9.17) is 18.6 Å². The quantitative estimate of drug-likeness (QED) is 0.468. The van der Waals surface area contributed by atoms with Gasteiger partial charge in [0.1, 0.15) is 12.7 Å². The van der Waals surface area contributed by atoms with E-state index in [1.54, 1.807) is 6.07 Å². The minimum atomic E-state index is -1.01. The van der Waals surface area contributed by atoms with Gasteiger partial charge in [0.05, 0.1) is 25.1 Å². The molecule has 1 amide bonds. The minimum Gasteiger partial charge on any atom is -0.462 e. The number of aliphatic hydroxyl groups is 1. The number of ether oxygens (including phenoxy) is 3. The van der Waals surface area contributed by atoms with Gasteiger partial charge in [-0.05, 0) is 79.7 Å². The highest BCUT2D eigenvalue weighted by Gasteiger charge is 2.70. The van der Waals surface area contributed by atoms with Gasteiger partial charge in [-0.15, -0.1) is 0 Å². The first kappa shape index (κ1) is 30.6. The summed E-state index contributed by atoms with van der Waals surface area (Å²) in [6.07, 6.45) is 7.53. The van der Waals surface area contributed by atoms with Gasteiger partial charge in [0.2, 0.25) is 0 Å². The number of nitrogens with one attached hydrogen (secondary N) is 1. The highest BCUT2D eigenvalue weighted by atomic mass is 16.6. The highest BCUT2D eigenvalue weighted by Crippen LogP contribution is 2.70. The second-order valence-electron chi connectivity index (χ2n) is 14.3. The van der Waals surface area contributed by atoms with Crippen LogP contribution in [0.25, 0.3) is 0 Å². The SMILES string of the molecule is CC(=O)OC1CC2(O)C3CCC4CC(NC(=O)OCCN5CCOCC5)CCC4(C)C3CCC2(C)C1c1ccc(=O)oc1. The van der Waals surface area contributed by atoms with Crippen LogP contribution < -0.4 is 10.9 Å². The summed E-state index contributed by atoms with van der Waals surface area (Å²) < 4.78 is 22.0. The molecule has 2 heterocycles. The number of morpholine rings is 1. The van der Waals surface area contributed by atoms with Crippen molar-refractivity contribution in [3.8, 4) is 0 Å². The van der Waals surface area contributed by atoms with E-state index < -0.39 is 22.7 Å². The second-order valence-corrected chi connectivity index (χ2v) is 14.3. The van der Waals surface area contributed by atoms with Crippen LogP contribution in [-0.2, 0) is 19.0 Å². The maximum Gasteiger partial charge on any atom is 0.407 e. The molecule has 4 saturated carbocycles. The van der Waals surface area contributed by atoms with Crippen molar-refractivity contribution in [2.45, 2.75) is 95.8 Å². The molecule has 0 aromatic carbocycles. The van der Waals surface area contributed by atoms with Crippen molar-refractivity contribution in [1.82, 2.24) is 10.2 Å². The second kappa shape index (κ2) is 11.8. The van der Waals surface area contributed by atoms with Crippen LogP contribution in [0, 0.1) is 28.6 Å². The summed E-state index contributed by atoms with van der Waals surface area (Å²) in [6, 6.07) is 3.26. The number of hydrogen-bond donors (Lipinski definition) is 2. The average molecular weight is 601 g/mol. The van der Waals surface area contributed by atoms with Crippen molar-refractivity contribution in [2.24, 2.45) is 28.6 Å². The molecule has 0 spiro atoms. The van der Waals surface area contributed by atoms with Crippen LogP contribution in [0.2, 0.25) is 0 Å². The molecule has 4 aliphatic carbocycles. The van der Waals surface area contributed by atoms with Gasteiger partial charge in [0.25, 0.3) is 0 Å². The number of hydrogen-bond acceptors (Lipinski definition) is 9. The van der Waals surface area contributed by atoms with E-state index in [-0.39, 0.29) is 35.4 Å². The molecule has 0 radical (unpaired) electrons. The predicted octanol–water partition coefficient (Wildman–Crippen LogP) is 3.85. The monoisotopic (exact) mass is 600 g/mol. The van der Waals surface area contributed by atoms with E-state index in [0.29, 0.717) is 24.9 Å². The first-order chi connectivity index (χ1) is 20.5. The van der Waals surface area contributed by atoms with Crippen molar-refractivity contribution >= 4 is 12.1 Å². The number of esters is 1. The van der Waals surface area contributed by atoms with E-state index in [1.165, 1.54) is 19.3 Å². The minimum absolute atomic E-state index is 0.0625. The fraction of sp³-hybridized carbons (Fsp3) is 0.788. The Morgan fingerprint density at radius 2 is 1.88 bits per heavy atom. The van der Waals surface area contributed by atoms with Crippen molar-refractivity contribution in [3.63, 3.8) is 0 Å². The first-order valence-electron chi connectivity index (χ1n) is 16.3. The van der Waals surface area contributed by atoms with Gasteiger partial charge >= 0.3 is 17.7 Å². The molecule has 9 atom stereocenters. The molecular formula is C33H48N2O8. The number of carbonyl (C=O) groups excluding carboxylic acids is 2. The summed E-state index contributed by atoms with van der Waals surface area (Å²) in [6.45, 7) is 10.3. The summed E-state index contributed by atoms with van der Waals surface area (Å²) in [7, 11) is 0. The van der Waals surface area contributed by atoms with Crippen molar-refractivity contribution < 1.29 is 33.3 Å². The Labute approximate surface area is 253 Å². The van der Waals surface area contributed by atoms with E-state index in [2.05, 4.69) is 24.1 Å². The molecule has 1 aromatic rings. The van der Waals surface area contributed by atoms with Gasteiger partial charge in [-0.25, -0.2) is 9.59 Å². The Bertz CT molecular complexity index is 1230. The van der Waals surface area contributed by atoms with Crippen LogP contribution in [0.4, 0.5) is 4.79 Å². The lowest BCUT2D eigenvalue weighted by Gasteiger charge is -2.63. The maximum atomic E-state index is 12.7. The zero-order valence-corrected chi connectivity index (χ0v) is 25.8. The van der Waals surface area contributed by atoms with Crippen LogP contribution in [0.1, 0.15) is 83.6 Å². The third kappa shape index (κ3) is 5.52. The fourth-order valence-electron chi connectivity index (χ4n) is 10.1. The van der Waals surface area contributed by atoms with Gasteiger partial charge < -0.3 is 29.1 Å². The van der Waals surface area contributed by atoms with E-state index >= 15 is 0 Å². The number of nitrogens with zero attached hydrogens (tertiary/aromatic N) is 1. The van der Waals surface area contributed by atoms with Crippen LogP contribution in [0.15, 0.2) is 27.6 Å². The molecule has 0 bridgehead atoms. The molecule has 6 rings (SSSR count). The normalized spacial score (nSPS) is 40.9. The number of fused-ring (bicyclic) bond motifs is 5. The molecule has 9 unspecified atom stereocenters. The fourth-order valence-corrected chi connectivity index (χ4v) is 10.1. The first-order valence-corrected chi connectivity index (χ1v) is 16.3. The number of amides is 1. The number of alkyl carbamates (subject to hydrolysis) is 1. The largest absolute Gasteiger partial charge is 0.462 e. The Balaban J connectivity index is 1.13. The number of rotatable bonds is 6. The van der Waals surface area contributed by atoms with Crippen molar-refractivity contribution in [3.05, 3.63) is 34.4 Å². The summed E-state index contributed by atoms with van der Waals surface area (Å²) in [5.74, 6) is 0.262. The Hall–Kier alpha value is -2.43. The lowest BCUT2D eigenvalue weighted by Crippen LogP contribution is -2.62. The van der Waals surface area contributed by atoms with Gasteiger partial charge in [-0.3, -0.25) is 9.69 Å². The van der Waals surface area contributed by atoms with E-state index in [9.17, 15) is 19.5 Å². The summed E-state index contributed by atoms with van der Waals surface area (Å²) in [5, 5.41) is 15.9. The summed E-state index contributed by atoms with van der Waals surface area (Å²) in [4.78, 5) is 38.8. The Morgan fingerprint density at radius 3 is 2.60 bits per heavy atom. The molecule has 43 heavy (non-hydrogen) atoms. The maximum absolute atomic E-state index is 12.7. The molecule has 10 heteroatoms. The molecule has 1 saturated heterocycles. The third-order valence-corrected chi connectivity index (χ3v) is 12.3. The molecule has 5 aliphatic rings. The van der Waals surface area contributed by atoms with Gasteiger partial charge in [-0.1, -0.05) is 13.8 Å². The van der Waals surface area contributed by atoms with Gasteiger partial charge in [-0.2, -0.15) is 0 Å². The van der Waals surface area contributed by atoms with Crippen molar-refractivity contribution in [2.75, 3.05) is 39.5 Å². The highest BCUT2D eigenvalue weighted by molar-refractivity contribution is 5.67. The Kier molecular flexibility index (Phi) is 8.41. The summed E-state index contributed by atoms with van der Waals surface area (Å²) >= 11 is 0. The lowest BCUT2D eigenvalue weighted by atomic mass is 9.43. The molecule has 1 aliphatic heterocycles. The zero-order valence-electron chi connectivity index (χ0n) is 25.8. The van der Waals surface area contributed by atoms with E-state index in [1.807, 2.05) is 0 Å². The van der Waals surface area contributed by atoms with Crippen LogP contribution in [-0.4, -0.2) is 79.3 Å². The smallest absolute Gasteiger partial charge is 0.407 e. The van der Waals surface area contributed by atoms with Crippen LogP contribution >= 0.6 is 0 Å². The molecule has 238 valence electrons. The van der Waals surface area contributed by atoms with Crippen LogP contribution in [0.5, 0.6) is 0 Å². The standard InChI is InChI=1S/C33H48N2O8/c1-21(36)43-27-19-33(39)26-6-5-23-18-24(34-30(38)41-17-14-35-12-15-40-16-13-35)8-10-31(23,2)25(26)9-11-32(33,3)29(27)22-4-7-28(37)42-20-22/h4,7,20,23-27,29,39H,5-6,8-19H2,1-3H3,(H,34,38). The molecule has 1 aromatic heterocycles. The van der Waals surface area contributed by atoms with Crippen LogP contribution in [0.3, 0.4) is 0 Å². The molecule has 5 fully saturated rings. The third-order valence-electron chi connectivity index (χ3n) is 12.3.